The minimum Gasteiger partial charge on any atom is -0.487 e. The molecular formula is C22H24N4O3. The van der Waals surface area contributed by atoms with Gasteiger partial charge in [0, 0.05) is 49.8 Å². The number of hydrogen-bond donors (Lipinski definition) is 1. The third-order valence-corrected chi connectivity index (χ3v) is 6.62. The van der Waals surface area contributed by atoms with Gasteiger partial charge in [-0.05, 0) is 24.1 Å². The first kappa shape index (κ1) is 17.1. The molecule has 5 heterocycles. The van der Waals surface area contributed by atoms with Crippen molar-refractivity contribution in [1.29, 1.82) is 0 Å². The quantitative estimate of drug-likeness (QED) is 0.859. The first-order valence-electron chi connectivity index (χ1n) is 10.4. The van der Waals surface area contributed by atoms with Crippen LogP contribution in [-0.4, -0.2) is 61.2 Å². The van der Waals surface area contributed by atoms with Crippen LogP contribution in [0.25, 0.3) is 0 Å². The average Bonchev–Trinajstić information content (AvgIpc) is 3.33. The Bertz CT molecular complexity index is 979. The van der Waals surface area contributed by atoms with E-state index >= 15 is 0 Å². The van der Waals surface area contributed by atoms with E-state index in [2.05, 4.69) is 32.2 Å². The van der Waals surface area contributed by atoms with Crippen LogP contribution in [0.5, 0.6) is 11.6 Å². The van der Waals surface area contributed by atoms with E-state index in [1.54, 1.807) is 6.20 Å². The fraction of sp³-hybridized carbons (Fsp3) is 0.455. The first-order chi connectivity index (χ1) is 14.3. The minimum atomic E-state index is 0.0937. The van der Waals surface area contributed by atoms with E-state index in [1.807, 2.05) is 12.1 Å². The second-order valence-electron chi connectivity index (χ2n) is 8.23. The maximum absolute atomic E-state index is 12.1. The van der Waals surface area contributed by atoms with Crippen molar-refractivity contribution >= 4 is 17.3 Å². The Balaban J connectivity index is 1.14. The van der Waals surface area contributed by atoms with Crippen molar-refractivity contribution in [1.82, 2.24) is 9.88 Å². The molecule has 0 bridgehead atoms. The van der Waals surface area contributed by atoms with Crippen LogP contribution in [-0.2, 0) is 11.2 Å². The second kappa shape index (κ2) is 6.62. The predicted octanol–water partition coefficient (Wildman–Crippen LogP) is 2.03. The van der Waals surface area contributed by atoms with Crippen molar-refractivity contribution < 1.29 is 14.3 Å². The number of nitrogens with zero attached hydrogens (tertiary/aromatic N) is 3. The lowest BCUT2D eigenvalue weighted by molar-refractivity contribution is -0.115. The smallest absolute Gasteiger partial charge is 0.257 e. The van der Waals surface area contributed by atoms with E-state index < -0.39 is 0 Å². The fourth-order valence-corrected chi connectivity index (χ4v) is 5.33. The second-order valence-corrected chi connectivity index (χ2v) is 8.23. The highest BCUT2D eigenvalue weighted by Crippen LogP contribution is 2.49. The van der Waals surface area contributed by atoms with Crippen LogP contribution < -0.4 is 19.7 Å². The van der Waals surface area contributed by atoms with E-state index in [0.717, 1.165) is 43.9 Å². The molecular weight excluding hydrogens is 368 g/mol. The maximum Gasteiger partial charge on any atom is 0.257 e. The van der Waals surface area contributed by atoms with Crippen LogP contribution in [0.3, 0.4) is 0 Å². The topological polar surface area (TPSA) is 66.9 Å². The summed E-state index contributed by atoms with van der Waals surface area (Å²) in [4.78, 5) is 21.3. The van der Waals surface area contributed by atoms with Gasteiger partial charge < -0.3 is 19.7 Å². The van der Waals surface area contributed by atoms with Crippen LogP contribution in [0.1, 0.15) is 23.5 Å². The summed E-state index contributed by atoms with van der Waals surface area (Å²) in [5.74, 6) is 1.96. The van der Waals surface area contributed by atoms with E-state index in [4.69, 9.17) is 9.47 Å². The lowest BCUT2D eigenvalue weighted by Crippen LogP contribution is -2.49. The van der Waals surface area contributed by atoms with E-state index in [-0.39, 0.29) is 5.91 Å². The number of aromatic nitrogens is 1. The highest BCUT2D eigenvalue weighted by atomic mass is 16.5. The molecule has 4 aliphatic rings. The fourth-order valence-electron chi connectivity index (χ4n) is 5.33. The first-order valence-corrected chi connectivity index (χ1v) is 10.4. The molecule has 1 N–H and O–H groups in total. The van der Waals surface area contributed by atoms with Crippen molar-refractivity contribution in [2.24, 2.45) is 0 Å². The summed E-state index contributed by atoms with van der Waals surface area (Å²) in [7, 11) is 0. The van der Waals surface area contributed by atoms with Gasteiger partial charge in [0.15, 0.2) is 5.75 Å². The molecule has 1 aromatic heterocycles. The number of rotatable bonds is 4. The number of piperidine rings is 1. The number of anilines is 2. The van der Waals surface area contributed by atoms with Crippen molar-refractivity contribution in [2.45, 2.75) is 24.8 Å². The molecule has 6 rings (SSSR count). The normalized spacial score (nSPS) is 24.4. The summed E-state index contributed by atoms with van der Waals surface area (Å²) in [6.07, 6.45) is 3.79. The Morgan fingerprint density at radius 3 is 3.24 bits per heavy atom. The Kier molecular flexibility index (Phi) is 3.90. The largest absolute Gasteiger partial charge is 0.487 e. The molecule has 1 amide bonds. The van der Waals surface area contributed by atoms with Crippen LogP contribution in [0.4, 0.5) is 11.4 Å². The SMILES string of the molecule is O=C1CN2c3c(cccc3[C@@H]3CN(CCOc4nccc5c4OCC5)CC[C@@H]32)N1. The molecule has 4 aliphatic heterocycles. The van der Waals surface area contributed by atoms with Gasteiger partial charge in [0.2, 0.25) is 5.91 Å². The third kappa shape index (κ3) is 2.75. The predicted molar refractivity (Wildman–Crippen MR) is 109 cm³/mol. The number of ether oxygens (including phenoxy) is 2. The third-order valence-electron chi connectivity index (χ3n) is 6.62. The molecule has 2 aromatic rings. The summed E-state index contributed by atoms with van der Waals surface area (Å²) < 4.78 is 11.7. The molecule has 0 aliphatic carbocycles. The molecule has 29 heavy (non-hydrogen) atoms. The van der Waals surface area contributed by atoms with E-state index in [0.29, 0.717) is 37.6 Å². The van der Waals surface area contributed by atoms with Crippen LogP contribution in [0.2, 0.25) is 0 Å². The lowest BCUT2D eigenvalue weighted by atomic mass is 9.89. The molecule has 1 saturated heterocycles. The van der Waals surface area contributed by atoms with Crippen molar-refractivity contribution in [2.75, 3.05) is 49.6 Å². The molecule has 0 saturated carbocycles. The zero-order chi connectivity index (χ0) is 19.4. The van der Waals surface area contributed by atoms with Gasteiger partial charge in [0.25, 0.3) is 5.88 Å². The molecule has 7 nitrogen and oxygen atoms in total. The summed E-state index contributed by atoms with van der Waals surface area (Å²) >= 11 is 0. The maximum atomic E-state index is 12.1. The van der Waals surface area contributed by atoms with Crippen LogP contribution >= 0.6 is 0 Å². The summed E-state index contributed by atoms with van der Waals surface area (Å²) in [5, 5.41) is 3.03. The monoisotopic (exact) mass is 392 g/mol. The van der Waals surface area contributed by atoms with E-state index in [1.165, 1.54) is 16.8 Å². The molecule has 0 radical (unpaired) electrons. The Hall–Kier alpha value is -2.80. The summed E-state index contributed by atoms with van der Waals surface area (Å²) in [5.41, 5.74) is 4.76. The Morgan fingerprint density at radius 1 is 1.31 bits per heavy atom. The van der Waals surface area contributed by atoms with Crippen molar-refractivity contribution in [3.63, 3.8) is 0 Å². The summed E-state index contributed by atoms with van der Waals surface area (Å²) in [6.45, 7) is 4.65. The molecule has 150 valence electrons. The van der Waals surface area contributed by atoms with Crippen molar-refractivity contribution in [3.8, 4) is 11.6 Å². The molecule has 0 spiro atoms. The summed E-state index contributed by atoms with van der Waals surface area (Å²) in [6, 6.07) is 8.72. The van der Waals surface area contributed by atoms with Gasteiger partial charge in [-0.2, -0.15) is 0 Å². The zero-order valence-corrected chi connectivity index (χ0v) is 16.3. The van der Waals surface area contributed by atoms with Gasteiger partial charge >= 0.3 is 0 Å². The highest BCUT2D eigenvalue weighted by Gasteiger charge is 2.45. The molecule has 1 aromatic carbocycles. The molecule has 1 fully saturated rings. The molecule has 0 unspecified atom stereocenters. The minimum absolute atomic E-state index is 0.0937. The number of carbonyl (C=O) groups is 1. The zero-order valence-electron chi connectivity index (χ0n) is 16.3. The number of fused-ring (bicyclic) bond motifs is 4. The number of amides is 1. The average molecular weight is 392 g/mol. The number of nitrogens with one attached hydrogen (secondary N) is 1. The number of pyridine rings is 1. The lowest BCUT2D eigenvalue weighted by Gasteiger charge is -2.39. The number of para-hydroxylation sites is 1. The van der Waals surface area contributed by atoms with Gasteiger partial charge in [0.05, 0.1) is 24.5 Å². The standard InChI is InChI=1S/C22H24N4O3/c27-19-13-26-18-5-8-25(12-16(18)15-2-1-3-17(24-19)20(15)26)9-11-29-22-21-14(4-7-23-22)6-10-28-21/h1-4,7,16,18H,5-6,8-13H2,(H,24,27)/t16-,18-/m0/s1. The highest BCUT2D eigenvalue weighted by molar-refractivity contribution is 6.03. The van der Waals surface area contributed by atoms with Gasteiger partial charge in [0.1, 0.15) is 6.61 Å². The number of carbonyl (C=O) groups excluding carboxylic acids is 1. The van der Waals surface area contributed by atoms with Gasteiger partial charge in [-0.15, -0.1) is 0 Å². The van der Waals surface area contributed by atoms with E-state index in [9.17, 15) is 4.79 Å². The van der Waals surface area contributed by atoms with Gasteiger partial charge in [-0.1, -0.05) is 12.1 Å². The molecule has 2 atom stereocenters. The number of hydrogen-bond acceptors (Lipinski definition) is 6. The Labute approximate surface area is 169 Å². The van der Waals surface area contributed by atoms with Crippen LogP contribution in [0, 0.1) is 0 Å². The number of likely N-dealkylation sites (tertiary alicyclic amines) is 1. The van der Waals surface area contributed by atoms with Crippen LogP contribution in [0.15, 0.2) is 30.5 Å². The van der Waals surface area contributed by atoms with Gasteiger partial charge in [-0.3, -0.25) is 9.69 Å². The Morgan fingerprint density at radius 2 is 2.28 bits per heavy atom. The van der Waals surface area contributed by atoms with Gasteiger partial charge in [-0.25, -0.2) is 4.98 Å². The molecule has 7 heteroatoms. The number of benzene rings is 1. The van der Waals surface area contributed by atoms with Crippen molar-refractivity contribution in [3.05, 3.63) is 41.6 Å².